The lowest BCUT2D eigenvalue weighted by Gasteiger charge is -2.28. The molecule has 0 bridgehead atoms. The molecule has 8 heteroatoms. The number of aryl methyl sites for hydroxylation is 1. The molecule has 8 nitrogen and oxygen atoms in total. The number of nitrogens with one attached hydrogen (secondary N) is 1. The van der Waals surface area contributed by atoms with Crippen molar-refractivity contribution in [2.24, 2.45) is 11.0 Å². The van der Waals surface area contributed by atoms with Crippen molar-refractivity contribution >= 4 is 22.8 Å². The van der Waals surface area contributed by atoms with Gasteiger partial charge in [-0.3, -0.25) is 25.7 Å². The fraction of sp³-hybridized carbons (Fsp3) is 0.381. The normalized spacial score (nSPS) is 17.3. The van der Waals surface area contributed by atoms with Crippen LogP contribution in [0.15, 0.2) is 35.4 Å². The highest BCUT2D eigenvalue weighted by atomic mass is 16.6. The number of anilines is 1. The van der Waals surface area contributed by atoms with Crippen LogP contribution in [-0.2, 0) is 6.42 Å². The van der Waals surface area contributed by atoms with Gasteiger partial charge >= 0.3 is 5.69 Å². The summed E-state index contributed by atoms with van der Waals surface area (Å²) in [7, 11) is 0. The molecule has 0 aromatic heterocycles. The zero-order valence-electron chi connectivity index (χ0n) is 16.9. The topological polar surface area (TPSA) is 111 Å². The van der Waals surface area contributed by atoms with Crippen LogP contribution in [0.2, 0.25) is 0 Å². The first kappa shape index (κ1) is 20.4. The van der Waals surface area contributed by atoms with E-state index < -0.39 is 9.85 Å². The van der Waals surface area contributed by atoms with Crippen molar-refractivity contribution in [3.05, 3.63) is 72.8 Å². The summed E-state index contributed by atoms with van der Waals surface area (Å²) in [6, 6.07) is 7.77. The Labute approximate surface area is 168 Å². The van der Waals surface area contributed by atoms with Gasteiger partial charge in [0.1, 0.15) is 5.69 Å². The molecule has 3 rings (SSSR count). The van der Waals surface area contributed by atoms with Crippen LogP contribution < -0.4 is 5.43 Å². The molecule has 152 valence electrons. The quantitative estimate of drug-likeness (QED) is 0.542. The molecular formula is C21H24N4O4. The average Bonchev–Trinajstić information content (AvgIpc) is 2.67. The highest BCUT2D eigenvalue weighted by molar-refractivity contribution is 6.06. The number of fused-ring (bicyclic) bond motifs is 1. The lowest BCUT2D eigenvalue weighted by atomic mass is 9.77. The van der Waals surface area contributed by atoms with Gasteiger partial charge in [0.05, 0.1) is 21.6 Å². The first-order valence-corrected chi connectivity index (χ1v) is 9.59. The minimum absolute atomic E-state index is 0.130. The molecule has 1 aliphatic rings. The number of nitrogens with zero attached hydrogens (tertiary/aromatic N) is 3. The van der Waals surface area contributed by atoms with Gasteiger partial charge in [-0.1, -0.05) is 32.9 Å². The summed E-state index contributed by atoms with van der Waals surface area (Å²) < 4.78 is 0. The van der Waals surface area contributed by atoms with Crippen molar-refractivity contribution in [1.29, 1.82) is 0 Å². The van der Waals surface area contributed by atoms with Crippen LogP contribution in [0, 0.1) is 33.1 Å². The van der Waals surface area contributed by atoms with Gasteiger partial charge in [-0.15, -0.1) is 0 Å². The second kappa shape index (κ2) is 7.98. The van der Waals surface area contributed by atoms with Crippen molar-refractivity contribution in [3.63, 3.8) is 0 Å². The van der Waals surface area contributed by atoms with Gasteiger partial charge in [0.2, 0.25) is 0 Å². The van der Waals surface area contributed by atoms with E-state index in [1.54, 1.807) is 0 Å². The third kappa shape index (κ3) is 3.96. The molecule has 0 fully saturated rings. The molecule has 1 N–H and O–H groups in total. The molecule has 2 aromatic carbocycles. The van der Waals surface area contributed by atoms with Crippen molar-refractivity contribution in [1.82, 2.24) is 0 Å². The van der Waals surface area contributed by atoms with Gasteiger partial charge in [-0.25, -0.2) is 0 Å². The molecular weight excluding hydrogens is 372 g/mol. The highest BCUT2D eigenvalue weighted by Crippen LogP contribution is 2.35. The van der Waals surface area contributed by atoms with Gasteiger partial charge < -0.3 is 0 Å². The van der Waals surface area contributed by atoms with Crippen LogP contribution in [0.1, 0.15) is 55.4 Å². The molecule has 0 saturated carbocycles. The van der Waals surface area contributed by atoms with Crippen LogP contribution in [-0.4, -0.2) is 15.6 Å². The molecule has 0 spiro atoms. The summed E-state index contributed by atoms with van der Waals surface area (Å²) in [5, 5.41) is 26.9. The maximum atomic E-state index is 11.4. The zero-order chi connectivity index (χ0) is 21.3. The second-order valence-corrected chi connectivity index (χ2v) is 7.74. The van der Waals surface area contributed by atoms with Crippen molar-refractivity contribution < 1.29 is 9.85 Å². The van der Waals surface area contributed by atoms with Gasteiger partial charge in [-0.2, -0.15) is 5.10 Å². The predicted molar refractivity (Wildman–Crippen MR) is 113 cm³/mol. The number of hydrogen-bond acceptors (Lipinski definition) is 6. The fourth-order valence-corrected chi connectivity index (χ4v) is 3.86. The Hall–Kier alpha value is -3.29. The largest absolute Gasteiger partial charge is 0.301 e. The molecule has 0 heterocycles. The summed E-state index contributed by atoms with van der Waals surface area (Å²) in [5.74, 6) is 0.580. The average molecular weight is 396 g/mol. The summed E-state index contributed by atoms with van der Waals surface area (Å²) in [6.07, 6.45) is 1.92. The van der Waals surface area contributed by atoms with E-state index >= 15 is 0 Å². The predicted octanol–water partition coefficient (Wildman–Crippen LogP) is 5.33. The van der Waals surface area contributed by atoms with Crippen LogP contribution in [0.5, 0.6) is 0 Å². The van der Waals surface area contributed by atoms with E-state index in [0.717, 1.165) is 35.7 Å². The summed E-state index contributed by atoms with van der Waals surface area (Å²) in [4.78, 5) is 21.0. The number of nitro groups is 2. The smallest absolute Gasteiger partial charge is 0.271 e. The Morgan fingerprint density at radius 3 is 2.48 bits per heavy atom. The van der Waals surface area contributed by atoms with Gasteiger partial charge in [0, 0.05) is 17.5 Å². The minimum atomic E-state index is -0.654. The van der Waals surface area contributed by atoms with E-state index in [1.165, 1.54) is 23.3 Å². The number of hydrogen-bond donors (Lipinski definition) is 1. The van der Waals surface area contributed by atoms with Gasteiger partial charge in [0.25, 0.3) is 5.69 Å². The van der Waals surface area contributed by atoms with Gasteiger partial charge in [-0.05, 0) is 48.4 Å². The van der Waals surface area contributed by atoms with E-state index in [-0.39, 0.29) is 23.0 Å². The van der Waals surface area contributed by atoms with Gasteiger partial charge in [0.15, 0.2) is 0 Å². The molecule has 1 atom stereocenters. The first-order chi connectivity index (χ1) is 13.7. The molecule has 29 heavy (non-hydrogen) atoms. The zero-order valence-corrected chi connectivity index (χ0v) is 16.9. The SMILES string of the molecule is Cc1ccc(C(C)C)c2c1/C(=N\Nc1ccc([N+](=O)[O-])cc1[N+](=O)[O-])C(C)CC2. The van der Waals surface area contributed by atoms with Crippen LogP contribution in [0.4, 0.5) is 17.1 Å². The Balaban J connectivity index is 2.06. The van der Waals surface area contributed by atoms with Crippen molar-refractivity contribution in [2.45, 2.75) is 46.5 Å². The summed E-state index contributed by atoms with van der Waals surface area (Å²) >= 11 is 0. The molecule has 0 radical (unpaired) electrons. The maximum absolute atomic E-state index is 11.4. The standard InChI is InChI=1S/C21H24N4O4/c1-12(2)16-8-5-13(3)20-17(16)9-6-14(4)21(20)23-22-18-10-7-15(24(26)27)11-19(18)25(28)29/h5,7-8,10-12,14,22H,6,9H2,1-4H3/b23-21-. The van der Waals surface area contributed by atoms with Crippen LogP contribution >= 0.6 is 0 Å². The Morgan fingerprint density at radius 2 is 1.86 bits per heavy atom. The summed E-state index contributed by atoms with van der Waals surface area (Å²) in [6.45, 7) is 8.47. The molecule has 1 aliphatic carbocycles. The van der Waals surface area contributed by atoms with E-state index in [4.69, 9.17) is 0 Å². The summed E-state index contributed by atoms with van der Waals surface area (Å²) in [5.41, 5.74) is 7.90. The van der Waals surface area contributed by atoms with E-state index in [2.05, 4.69) is 43.4 Å². The van der Waals surface area contributed by atoms with E-state index in [1.807, 2.05) is 6.92 Å². The minimum Gasteiger partial charge on any atom is -0.271 e. The number of nitro benzene ring substituents is 2. The molecule has 0 aliphatic heterocycles. The van der Waals surface area contributed by atoms with E-state index in [9.17, 15) is 20.2 Å². The molecule has 0 amide bonds. The number of rotatable bonds is 5. The van der Waals surface area contributed by atoms with Crippen LogP contribution in [0.3, 0.4) is 0 Å². The van der Waals surface area contributed by atoms with Crippen molar-refractivity contribution in [2.75, 3.05) is 5.43 Å². The number of benzene rings is 2. The highest BCUT2D eigenvalue weighted by Gasteiger charge is 2.27. The molecule has 1 unspecified atom stereocenters. The molecule has 0 saturated heterocycles. The lowest BCUT2D eigenvalue weighted by Crippen LogP contribution is -2.25. The monoisotopic (exact) mass is 396 g/mol. The Kier molecular flexibility index (Phi) is 5.63. The van der Waals surface area contributed by atoms with Crippen molar-refractivity contribution in [3.8, 4) is 0 Å². The fourth-order valence-electron chi connectivity index (χ4n) is 3.86. The number of hydrazone groups is 1. The third-order valence-electron chi connectivity index (χ3n) is 5.42. The lowest BCUT2D eigenvalue weighted by molar-refractivity contribution is -0.393. The number of non-ortho nitro benzene ring substituents is 1. The Bertz CT molecular complexity index is 1010. The Morgan fingerprint density at radius 1 is 1.14 bits per heavy atom. The second-order valence-electron chi connectivity index (χ2n) is 7.74. The third-order valence-corrected chi connectivity index (χ3v) is 5.42. The van der Waals surface area contributed by atoms with Crippen LogP contribution in [0.25, 0.3) is 0 Å². The molecule has 2 aromatic rings. The maximum Gasteiger partial charge on any atom is 0.301 e. The van der Waals surface area contributed by atoms with E-state index in [0.29, 0.717) is 5.92 Å². The first-order valence-electron chi connectivity index (χ1n) is 9.59.